The molecule has 0 unspecified atom stereocenters. The number of aromatic nitrogens is 2. The summed E-state index contributed by atoms with van der Waals surface area (Å²) >= 11 is 1.67. The molecule has 15 heavy (non-hydrogen) atoms. The van der Waals surface area contributed by atoms with Crippen LogP contribution in [0.4, 0.5) is 4.39 Å². The SMILES string of the molecule is Fc1cc(OCCc2cccs2)ncn1. The molecule has 2 aromatic rings. The third kappa shape index (κ3) is 2.99. The first-order chi connectivity index (χ1) is 7.34. The lowest BCUT2D eigenvalue weighted by Gasteiger charge is -2.02. The predicted octanol–water partition coefficient (Wildman–Crippen LogP) is 2.30. The molecule has 78 valence electrons. The smallest absolute Gasteiger partial charge is 0.219 e. The van der Waals surface area contributed by atoms with E-state index in [2.05, 4.69) is 9.97 Å². The van der Waals surface area contributed by atoms with Crippen LogP contribution in [0, 0.1) is 5.95 Å². The van der Waals surface area contributed by atoms with Crippen LogP contribution in [0.5, 0.6) is 5.88 Å². The fourth-order valence-corrected chi connectivity index (χ4v) is 1.80. The molecule has 0 bridgehead atoms. The Morgan fingerprint density at radius 2 is 2.33 bits per heavy atom. The number of hydrogen-bond acceptors (Lipinski definition) is 4. The van der Waals surface area contributed by atoms with Gasteiger partial charge in [-0.25, -0.2) is 9.97 Å². The highest BCUT2D eigenvalue weighted by Crippen LogP contribution is 2.10. The zero-order valence-corrected chi connectivity index (χ0v) is 8.71. The van der Waals surface area contributed by atoms with E-state index in [1.807, 2.05) is 17.5 Å². The minimum atomic E-state index is -0.573. The van der Waals surface area contributed by atoms with Crippen molar-refractivity contribution in [1.82, 2.24) is 9.97 Å². The number of ether oxygens (including phenoxy) is 1. The van der Waals surface area contributed by atoms with Crippen molar-refractivity contribution < 1.29 is 9.13 Å². The summed E-state index contributed by atoms with van der Waals surface area (Å²) in [6.07, 6.45) is 1.96. The Kier molecular flexibility index (Phi) is 3.24. The van der Waals surface area contributed by atoms with Crippen LogP contribution in [0.3, 0.4) is 0 Å². The number of halogens is 1. The molecule has 0 aliphatic carbocycles. The summed E-state index contributed by atoms with van der Waals surface area (Å²) in [5, 5.41) is 2.01. The average molecular weight is 224 g/mol. The minimum Gasteiger partial charge on any atom is -0.477 e. The highest BCUT2D eigenvalue weighted by atomic mass is 32.1. The van der Waals surface area contributed by atoms with Crippen LogP contribution in [-0.2, 0) is 6.42 Å². The van der Waals surface area contributed by atoms with Crippen LogP contribution in [0.2, 0.25) is 0 Å². The Bertz CT molecular complexity index is 419. The maximum absolute atomic E-state index is 12.6. The second-order valence-electron chi connectivity index (χ2n) is 2.86. The molecule has 0 N–H and O–H groups in total. The lowest BCUT2D eigenvalue weighted by molar-refractivity contribution is 0.307. The molecule has 0 spiro atoms. The molecule has 0 saturated carbocycles. The molecule has 0 amide bonds. The normalized spacial score (nSPS) is 10.2. The van der Waals surface area contributed by atoms with E-state index in [1.54, 1.807) is 11.3 Å². The Hall–Kier alpha value is -1.49. The van der Waals surface area contributed by atoms with Gasteiger partial charge in [0.15, 0.2) is 0 Å². The maximum atomic E-state index is 12.6. The molecule has 0 fully saturated rings. The van der Waals surface area contributed by atoms with Crippen molar-refractivity contribution in [2.24, 2.45) is 0 Å². The Labute approximate surface area is 90.6 Å². The Morgan fingerprint density at radius 3 is 3.07 bits per heavy atom. The van der Waals surface area contributed by atoms with Gasteiger partial charge < -0.3 is 4.74 Å². The molecule has 3 nitrogen and oxygen atoms in total. The number of rotatable bonds is 4. The van der Waals surface area contributed by atoms with Crippen LogP contribution < -0.4 is 4.74 Å². The van der Waals surface area contributed by atoms with E-state index in [1.165, 1.54) is 10.9 Å². The van der Waals surface area contributed by atoms with E-state index in [0.717, 1.165) is 12.7 Å². The summed E-state index contributed by atoms with van der Waals surface area (Å²) in [5.74, 6) is -0.296. The summed E-state index contributed by atoms with van der Waals surface area (Å²) in [7, 11) is 0. The van der Waals surface area contributed by atoms with E-state index in [-0.39, 0.29) is 5.88 Å². The van der Waals surface area contributed by atoms with Gasteiger partial charge in [-0.2, -0.15) is 4.39 Å². The summed E-state index contributed by atoms with van der Waals surface area (Å²) in [6, 6.07) is 5.20. The number of nitrogens with zero attached hydrogens (tertiary/aromatic N) is 2. The van der Waals surface area contributed by atoms with Gasteiger partial charge in [0, 0.05) is 11.3 Å². The molecule has 0 atom stereocenters. The van der Waals surface area contributed by atoms with Crippen molar-refractivity contribution >= 4 is 11.3 Å². The predicted molar refractivity (Wildman–Crippen MR) is 55.5 cm³/mol. The monoisotopic (exact) mass is 224 g/mol. The van der Waals surface area contributed by atoms with Gasteiger partial charge in [0.1, 0.15) is 6.33 Å². The number of thiophene rings is 1. The lowest BCUT2D eigenvalue weighted by Crippen LogP contribution is -2.02. The molecule has 5 heteroatoms. The highest BCUT2D eigenvalue weighted by Gasteiger charge is 1.99. The molecule has 2 rings (SSSR count). The first-order valence-corrected chi connectivity index (χ1v) is 5.35. The zero-order chi connectivity index (χ0) is 10.5. The fourth-order valence-electron chi connectivity index (χ4n) is 1.11. The van der Waals surface area contributed by atoms with Crippen LogP contribution >= 0.6 is 11.3 Å². The molecular weight excluding hydrogens is 215 g/mol. The van der Waals surface area contributed by atoms with Crippen LogP contribution in [-0.4, -0.2) is 16.6 Å². The fraction of sp³-hybridized carbons (Fsp3) is 0.200. The summed E-state index contributed by atoms with van der Waals surface area (Å²) < 4.78 is 17.9. The second kappa shape index (κ2) is 4.84. The van der Waals surface area contributed by atoms with Gasteiger partial charge in [-0.05, 0) is 11.4 Å². The van der Waals surface area contributed by atoms with Gasteiger partial charge in [0.25, 0.3) is 0 Å². The minimum absolute atomic E-state index is 0.277. The van der Waals surface area contributed by atoms with Crippen molar-refractivity contribution in [3.8, 4) is 5.88 Å². The van der Waals surface area contributed by atoms with E-state index in [4.69, 9.17) is 4.74 Å². The van der Waals surface area contributed by atoms with E-state index >= 15 is 0 Å². The second-order valence-corrected chi connectivity index (χ2v) is 3.89. The van der Waals surface area contributed by atoms with Crippen molar-refractivity contribution in [2.45, 2.75) is 6.42 Å². The molecule has 0 aromatic carbocycles. The third-order valence-corrected chi connectivity index (χ3v) is 2.72. The highest BCUT2D eigenvalue weighted by molar-refractivity contribution is 7.09. The first-order valence-electron chi connectivity index (χ1n) is 4.47. The molecule has 2 heterocycles. The van der Waals surface area contributed by atoms with E-state index in [9.17, 15) is 4.39 Å². The standard InChI is InChI=1S/C10H9FN2OS/c11-9-6-10(13-7-12-9)14-4-3-8-2-1-5-15-8/h1-2,5-7H,3-4H2. The van der Waals surface area contributed by atoms with Crippen molar-refractivity contribution in [3.05, 3.63) is 40.7 Å². The molecule has 0 radical (unpaired) electrons. The van der Waals surface area contributed by atoms with Crippen molar-refractivity contribution in [2.75, 3.05) is 6.61 Å². The van der Waals surface area contributed by atoms with Crippen LogP contribution in [0.1, 0.15) is 4.88 Å². The van der Waals surface area contributed by atoms with Gasteiger partial charge in [-0.15, -0.1) is 11.3 Å². The van der Waals surface area contributed by atoms with Gasteiger partial charge in [-0.1, -0.05) is 6.07 Å². The van der Waals surface area contributed by atoms with Crippen LogP contribution in [0.15, 0.2) is 29.9 Å². The Balaban J connectivity index is 1.83. The summed E-state index contributed by atoms with van der Waals surface area (Å²) in [5.41, 5.74) is 0. The van der Waals surface area contributed by atoms with Gasteiger partial charge >= 0.3 is 0 Å². The molecule has 2 aromatic heterocycles. The van der Waals surface area contributed by atoms with Gasteiger partial charge in [0.05, 0.1) is 12.7 Å². The van der Waals surface area contributed by atoms with Crippen molar-refractivity contribution in [3.63, 3.8) is 0 Å². The summed E-state index contributed by atoms with van der Waals surface area (Å²) in [4.78, 5) is 8.37. The quantitative estimate of drug-likeness (QED) is 0.747. The van der Waals surface area contributed by atoms with Crippen LogP contribution in [0.25, 0.3) is 0 Å². The van der Waals surface area contributed by atoms with Gasteiger partial charge in [-0.3, -0.25) is 0 Å². The topological polar surface area (TPSA) is 35.0 Å². The number of hydrogen-bond donors (Lipinski definition) is 0. The van der Waals surface area contributed by atoms with Crippen molar-refractivity contribution in [1.29, 1.82) is 0 Å². The molecular formula is C10H9FN2OS. The van der Waals surface area contributed by atoms with Gasteiger partial charge in [0.2, 0.25) is 11.8 Å². The lowest BCUT2D eigenvalue weighted by atomic mass is 10.4. The third-order valence-electron chi connectivity index (χ3n) is 1.79. The molecule has 0 aliphatic heterocycles. The molecule has 0 saturated heterocycles. The van der Waals surface area contributed by atoms with E-state index in [0.29, 0.717) is 6.61 Å². The first kappa shape index (κ1) is 10.0. The average Bonchev–Trinajstić information content (AvgIpc) is 2.71. The zero-order valence-electron chi connectivity index (χ0n) is 7.89. The largest absolute Gasteiger partial charge is 0.477 e. The Morgan fingerprint density at radius 1 is 1.40 bits per heavy atom. The molecule has 0 aliphatic rings. The van der Waals surface area contributed by atoms with E-state index < -0.39 is 5.95 Å². The summed E-state index contributed by atoms with van der Waals surface area (Å²) in [6.45, 7) is 0.497. The maximum Gasteiger partial charge on any atom is 0.219 e.